The van der Waals surface area contributed by atoms with Crippen molar-refractivity contribution in [2.24, 2.45) is 0 Å². The van der Waals surface area contributed by atoms with Gasteiger partial charge in [-0.3, -0.25) is 9.59 Å². The van der Waals surface area contributed by atoms with E-state index in [0.29, 0.717) is 22.9 Å². The molecule has 0 aliphatic rings. The Kier molecular flexibility index (Phi) is 7.07. The summed E-state index contributed by atoms with van der Waals surface area (Å²) >= 11 is 7.36. The van der Waals surface area contributed by atoms with E-state index in [-0.39, 0.29) is 10.8 Å². The Labute approximate surface area is 161 Å². The summed E-state index contributed by atoms with van der Waals surface area (Å²) in [6.07, 6.45) is 0.305. The molecule has 138 valence electrons. The number of sulfonamides is 1. The fourth-order valence-electron chi connectivity index (χ4n) is 1.98. The van der Waals surface area contributed by atoms with Crippen molar-refractivity contribution in [3.63, 3.8) is 0 Å². The minimum atomic E-state index is -3.88. The minimum absolute atomic E-state index is 0.0519. The van der Waals surface area contributed by atoms with Crippen molar-refractivity contribution in [1.82, 2.24) is 4.72 Å². The monoisotopic (exact) mass is 412 g/mol. The van der Waals surface area contributed by atoms with Gasteiger partial charge in [0.25, 0.3) is 10.0 Å². The predicted octanol–water partition coefficient (Wildman–Crippen LogP) is 3.29. The number of hydrogen-bond acceptors (Lipinski definition) is 5. The predicted molar refractivity (Wildman–Crippen MR) is 103 cm³/mol. The van der Waals surface area contributed by atoms with Crippen LogP contribution in [-0.2, 0) is 19.6 Å². The zero-order chi connectivity index (χ0) is 19.2. The van der Waals surface area contributed by atoms with Crippen LogP contribution >= 0.6 is 23.4 Å². The first-order valence-corrected chi connectivity index (χ1v) is 10.4. The van der Waals surface area contributed by atoms with Crippen LogP contribution in [0.4, 0.5) is 5.69 Å². The maximum Gasteiger partial charge on any atom is 0.264 e. The molecule has 0 unspecified atom stereocenters. The Hall–Kier alpha value is -2.03. The topological polar surface area (TPSA) is 92.3 Å². The Bertz CT molecular complexity index is 882. The largest absolute Gasteiger partial charge is 0.326 e. The number of anilines is 1. The molecule has 6 nitrogen and oxygen atoms in total. The average molecular weight is 413 g/mol. The average Bonchev–Trinajstić information content (AvgIpc) is 2.56. The molecule has 0 atom stereocenters. The molecular weight excluding hydrogens is 396 g/mol. The molecule has 2 amide bonds. The third kappa shape index (κ3) is 6.36. The highest BCUT2D eigenvalue weighted by Crippen LogP contribution is 2.21. The molecule has 2 rings (SSSR count). The van der Waals surface area contributed by atoms with E-state index >= 15 is 0 Å². The van der Waals surface area contributed by atoms with Crippen LogP contribution < -0.4 is 10.0 Å². The van der Waals surface area contributed by atoms with Crippen LogP contribution in [-0.4, -0.2) is 26.0 Å². The number of halogens is 1. The summed E-state index contributed by atoms with van der Waals surface area (Å²) in [4.78, 5) is 23.8. The zero-order valence-corrected chi connectivity index (χ0v) is 16.2. The quantitative estimate of drug-likeness (QED) is 0.681. The summed E-state index contributed by atoms with van der Waals surface area (Å²) in [6, 6.07) is 12.9. The lowest BCUT2D eigenvalue weighted by Crippen LogP contribution is -2.28. The number of nitrogens with one attached hydrogen (secondary N) is 2. The van der Waals surface area contributed by atoms with Gasteiger partial charge in [-0.15, -0.1) is 11.8 Å². The molecule has 0 fully saturated rings. The molecule has 26 heavy (non-hydrogen) atoms. The summed E-state index contributed by atoms with van der Waals surface area (Å²) in [5.41, 5.74) is 0.480. The first-order chi connectivity index (χ1) is 12.3. The fraction of sp³-hybridized carbons (Fsp3) is 0.176. The number of carbonyl (C=O) groups excluding carboxylic acids is 2. The third-order valence-corrected chi connectivity index (χ3v) is 5.85. The van der Waals surface area contributed by atoms with Crippen LogP contribution in [0.25, 0.3) is 0 Å². The lowest BCUT2D eigenvalue weighted by Gasteiger charge is -2.08. The van der Waals surface area contributed by atoms with E-state index in [1.165, 1.54) is 24.3 Å². The van der Waals surface area contributed by atoms with Crippen molar-refractivity contribution in [3.8, 4) is 0 Å². The Balaban J connectivity index is 1.85. The highest BCUT2D eigenvalue weighted by Gasteiger charge is 2.15. The standard InChI is InChI=1S/C17H17ClN2O4S2/c1-12(21)20-26(23,24)16-8-4-14(5-9-16)19-17(22)10-11-25-15-6-2-13(18)3-7-15/h2-9H,10-11H2,1H3,(H,19,22)(H,20,21). The molecule has 9 heteroatoms. The Morgan fingerprint density at radius 3 is 2.23 bits per heavy atom. The summed E-state index contributed by atoms with van der Waals surface area (Å²) in [5, 5.41) is 3.36. The first-order valence-electron chi connectivity index (χ1n) is 7.58. The maximum absolute atomic E-state index is 12.0. The zero-order valence-electron chi connectivity index (χ0n) is 13.9. The van der Waals surface area contributed by atoms with Crippen LogP contribution in [0.1, 0.15) is 13.3 Å². The molecule has 2 N–H and O–H groups in total. The van der Waals surface area contributed by atoms with Gasteiger partial charge >= 0.3 is 0 Å². The second-order valence-electron chi connectivity index (χ2n) is 5.29. The van der Waals surface area contributed by atoms with Crippen molar-refractivity contribution < 1.29 is 18.0 Å². The number of rotatable bonds is 7. The molecule has 0 bridgehead atoms. The summed E-state index contributed by atoms with van der Waals surface area (Å²) in [6.45, 7) is 1.12. The van der Waals surface area contributed by atoms with E-state index < -0.39 is 15.9 Å². The molecule has 0 heterocycles. The molecule has 0 saturated carbocycles. The number of carbonyl (C=O) groups is 2. The van der Waals surface area contributed by atoms with Crippen LogP contribution in [0.5, 0.6) is 0 Å². The van der Waals surface area contributed by atoms with Crippen molar-refractivity contribution in [2.45, 2.75) is 23.1 Å². The highest BCUT2D eigenvalue weighted by molar-refractivity contribution is 7.99. The summed E-state index contributed by atoms with van der Waals surface area (Å²) in [7, 11) is -3.88. The molecule has 2 aromatic carbocycles. The van der Waals surface area contributed by atoms with Crippen LogP contribution in [0.3, 0.4) is 0 Å². The first kappa shape index (κ1) is 20.3. The molecular formula is C17H17ClN2O4S2. The van der Waals surface area contributed by atoms with Crippen LogP contribution in [0.2, 0.25) is 5.02 Å². The van der Waals surface area contributed by atoms with Gasteiger partial charge in [0.1, 0.15) is 0 Å². The van der Waals surface area contributed by atoms with Crippen molar-refractivity contribution in [1.29, 1.82) is 0 Å². The Morgan fingerprint density at radius 1 is 1.04 bits per heavy atom. The van der Waals surface area contributed by atoms with Gasteiger partial charge in [0.05, 0.1) is 4.90 Å². The minimum Gasteiger partial charge on any atom is -0.326 e. The molecule has 0 radical (unpaired) electrons. The van der Waals surface area contributed by atoms with E-state index in [1.54, 1.807) is 23.9 Å². The molecule has 2 aromatic rings. The van der Waals surface area contributed by atoms with Gasteiger partial charge in [-0.2, -0.15) is 0 Å². The van der Waals surface area contributed by atoms with Crippen molar-refractivity contribution in [2.75, 3.05) is 11.1 Å². The lowest BCUT2D eigenvalue weighted by molar-refractivity contribution is -0.117. The summed E-state index contributed by atoms with van der Waals surface area (Å²) in [5.74, 6) is -0.243. The molecule has 0 saturated heterocycles. The maximum atomic E-state index is 12.0. The molecule has 0 aliphatic carbocycles. The van der Waals surface area contributed by atoms with E-state index in [4.69, 9.17) is 11.6 Å². The second-order valence-corrected chi connectivity index (χ2v) is 8.57. The van der Waals surface area contributed by atoms with Gasteiger partial charge < -0.3 is 5.32 Å². The van der Waals surface area contributed by atoms with Crippen molar-refractivity contribution >= 4 is 50.9 Å². The molecule has 0 aliphatic heterocycles. The van der Waals surface area contributed by atoms with Crippen LogP contribution in [0.15, 0.2) is 58.3 Å². The SMILES string of the molecule is CC(=O)NS(=O)(=O)c1ccc(NC(=O)CCSc2ccc(Cl)cc2)cc1. The summed E-state index contributed by atoms with van der Waals surface area (Å²) < 4.78 is 25.6. The van der Waals surface area contributed by atoms with Gasteiger partial charge in [0.15, 0.2) is 0 Å². The fourth-order valence-corrected chi connectivity index (χ4v) is 3.95. The van der Waals surface area contributed by atoms with Gasteiger partial charge in [0.2, 0.25) is 11.8 Å². The number of amides is 2. The smallest absolute Gasteiger partial charge is 0.264 e. The second kappa shape index (κ2) is 9.07. The van der Waals surface area contributed by atoms with E-state index in [2.05, 4.69) is 5.32 Å². The highest BCUT2D eigenvalue weighted by atomic mass is 35.5. The number of thioether (sulfide) groups is 1. The van der Waals surface area contributed by atoms with Crippen molar-refractivity contribution in [3.05, 3.63) is 53.6 Å². The van der Waals surface area contributed by atoms with E-state index in [0.717, 1.165) is 11.8 Å². The number of hydrogen-bond donors (Lipinski definition) is 2. The molecule has 0 spiro atoms. The van der Waals surface area contributed by atoms with Gasteiger partial charge in [-0.1, -0.05) is 11.6 Å². The van der Waals surface area contributed by atoms with Gasteiger partial charge in [-0.25, -0.2) is 13.1 Å². The third-order valence-electron chi connectivity index (χ3n) is 3.14. The number of benzene rings is 2. The molecule has 0 aromatic heterocycles. The van der Waals surface area contributed by atoms with Gasteiger partial charge in [0, 0.05) is 34.7 Å². The van der Waals surface area contributed by atoms with Gasteiger partial charge in [-0.05, 0) is 48.5 Å². The Morgan fingerprint density at radius 2 is 1.65 bits per heavy atom. The van der Waals surface area contributed by atoms with E-state index in [9.17, 15) is 18.0 Å². The normalized spacial score (nSPS) is 11.0. The lowest BCUT2D eigenvalue weighted by atomic mass is 10.3. The van der Waals surface area contributed by atoms with Crippen LogP contribution in [0, 0.1) is 0 Å². The van der Waals surface area contributed by atoms with E-state index in [1.807, 2.05) is 16.9 Å².